The van der Waals surface area contributed by atoms with Crippen LogP contribution in [0.4, 0.5) is 11.4 Å². The molecule has 1 saturated heterocycles. The molecule has 0 spiro atoms. The van der Waals surface area contributed by atoms with Gasteiger partial charge in [-0.1, -0.05) is 19.9 Å². The Balaban J connectivity index is 1.76. The van der Waals surface area contributed by atoms with Crippen LogP contribution in [0.1, 0.15) is 42.9 Å². The molecular weight excluding hydrogens is 364 g/mol. The highest BCUT2D eigenvalue weighted by Crippen LogP contribution is 2.22. The molecule has 8 heteroatoms. The van der Waals surface area contributed by atoms with Gasteiger partial charge in [0.05, 0.1) is 17.2 Å². The summed E-state index contributed by atoms with van der Waals surface area (Å²) in [4.78, 5) is 14.8. The first-order valence-electron chi connectivity index (χ1n) is 9.23. The zero-order valence-electron chi connectivity index (χ0n) is 16.0. The number of hydrogen-bond donors (Lipinski definition) is 1. The van der Waals surface area contributed by atoms with Crippen molar-refractivity contribution in [3.05, 3.63) is 41.7 Å². The Hall–Kier alpha value is -2.35. The summed E-state index contributed by atoms with van der Waals surface area (Å²) in [6, 6.07) is 9.35. The van der Waals surface area contributed by atoms with Gasteiger partial charge in [-0.15, -0.1) is 0 Å². The van der Waals surface area contributed by atoms with Crippen molar-refractivity contribution in [1.82, 2.24) is 9.78 Å². The van der Waals surface area contributed by atoms with Gasteiger partial charge in [-0.3, -0.25) is 9.48 Å². The molecule has 146 valence electrons. The number of carbonyl (C=O) groups is 1. The number of carbonyl (C=O) groups excluding carboxylic acids is 1. The molecule has 0 atom stereocenters. The third-order valence-corrected chi connectivity index (χ3v) is 6.35. The first-order valence-corrected chi connectivity index (χ1v) is 11.1. The summed E-state index contributed by atoms with van der Waals surface area (Å²) in [6.07, 6.45) is 0. The van der Waals surface area contributed by atoms with Gasteiger partial charge >= 0.3 is 0 Å². The summed E-state index contributed by atoms with van der Waals surface area (Å²) in [7, 11) is -2.92. The van der Waals surface area contributed by atoms with Crippen LogP contribution in [0.2, 0.25) is 0 Å². The summed E-state index contributed by atoms with van der Waals surface area (Å²) in [6.45, 7) is 7.62. The molecule has 27 heavy (non-hydrogen) atoms. The van der Waals surface area contributed by atoms with Crippen LogP contribution < -0.4 is 10.2 Å². The zero-order valence-corrected chi connectivity index (χ0v) is 16.8. The average Bonchev–Trinajstić information content (AvgIpc) is 3.07. The van der Waals surface area contributed by atoms with Gasteiger partial charge in [0, 0.05) is 31.0 Å². The number of sulfone groups is 1. The molecule has 0 saturated carbocycles. The van der Waals surface area contributed by atoms with Crippen molar-refractivity contribution in [1.29, 1.82) is 0 Å². The lowest BCUT2D eigenvalue weighted by atomic mass is 10.1. The molecule has 0 unspecified atom stereocenters. The van der Waals surface area contributed by atoms with E-state index in [1.807, 2.05) is 56.0 Å². The van der Waals surface area contributed by atoms with Crippen molar-refractivity contribution < 1.29 is 13.2 Å². The maximum Gasteiger partial charge on any atom is 0.273 e. The molecule has 2 aromatic rings. The molecule has 7 nitrogen and oxygen atoms in total. The monoisotopic (exact) mass is 390 g/mol. The van der Waals surface area contributed by atoms with Gasteiger partial charge in [0.2, 0.25) is 0 Å². The Morgan fingerprint density at radius 3 is 2.56 bits per heavy atom. The standard InChI is InChI=1S/C19H26N4O3S/c1-4-23-18(13-17(21-23)14(2)3)19(24)20-15-6-5-7-16(12-15)22-8-10-27(25,26)11-9-22/h5-7,12-14H,4,8-11H2,1-3H3,(H,20,24). The van der Waals surface area contributed by atoms with Crippen LogP contribution in [0.3, 0.4) is 0 Å². The number of nitrogens with zero attached hydrogens (tertiary/aromatic N) is 3. The summed E-state index contributed by atoms with van der Waals surface area (Å²) in [5.74, 6) is 0.381. The second-order valence-electron chi connectivity index (χ2n) is 7.07. The lowest BCUT2D eigenvalue weighted by Gasteiger charge is -2.29. The number of amides is 1. The fraction of sp³-hybridized carbons (Fsp3) is 0.474. The Labute approximate surface area is 160 Å². The van der Waals surface area contributed by atoms with Crippen molar-refractivity contribution in [3.8, 4) is 0 Å². The lowest BCUT2D eigenvalue weighted by molar-refractivity contribution is 0.101. The Kier molecular flexibility index (Phi) is 5.55. The normalized spacial score (nSPS) is 16.5. The third kappa shape index (κ3) is 4.50. The number of rotatable bonds is 5. The Bertz CT molecular complexity index is 920. The highest BCUT2D eigenvalue weighted by Gasteiger charge is 2.22. The second kappa shape index (κ2) is 7.72. The van der Waals surface area contributed by atoms with E-state index in [2.05, 4.69) is 10.4 Å². The van der Waals surface area contributed by atoms with Crippen molar-refractivity contribution in [2.75, 3.05) is 34.8 Å². The lowest BCUT2D eigenvalue weighted by Crippen LogP contribution is -2.40. The SMILES string of the molecule is CCn1nc(C(C)C)cc1C(=O)Nc1cccc(N2CCS(=O)(=O)CC2)c1. The second-order valence-corrected chi connectivity index (χ2v) is 9.37. The number of aryl methyl sites for hydroxylation is 1. The van der Waals surface area contributed by atoms with Gasteiger partial charge in [0.15, 0.2) is 9.84 Å². The minimum Gasteiger partial charge on any atom is -0.369 e. The van der Waals surface area contributed by atoms with Crippen LogP contribution >= 0.6 is 0 Å². The van der Waals surface area contributed by atoms with Crippen LogP contribution in [0, 0.1) is 0 Å². The molecule has 1 aromatic carbocycles. The fourth-order valence-corrected chi connectivity index (χ4v) is 4.29. The smallest absolute Gasteiger partial charge is 0.273 e. The van der Waals surface area contributed by atoms with Crippen LogP contribution in [0.15, 0.2) is 30.3 Å². The molecule has 1 aliphatic heterocycles. The molecular formula is C19H26N4O3S. The van der Waals surface area contributed by atoms with Crippen molar-refractivity contribution >= 4 is 27.1 Å². The number of aromatic nitrogens is 2. The summed E-state index contributed by atoms with van der Waals surface area (Å²) >= 11 is 0. The maximum atomic E-state index is 12.7. The molecule has 1 aromatic heterocycles. The molecule has 0 bridgehead atoms. The van der Waals surface area contributed by atoms with Gasteiger partial charge in [-0.2, -0.15) is 5.10 Å². The van der Waals surface area contributed by atoms with Crippen LogP contribution in [-0.4, -0.2) is 48.7 Å². The minimum absolute atomic E-state index is 0.164. The molecule has 1 fully saturated rings. The zero-order chi connectivity index (χ0) is 19.6. The molecule has 1 amide bonds. The van der Waals surface area contributed by atoms with Crippen LogP contribution in [0.5, 0.6) is 0 Å². The molecule has 1 aliphatic rings. The predicted molar refractivity (Wildman–Crippen MR) is 107 cm³/mol. The Morgan fingerprint density at radius 2 is 1.93 bits per heavy atom. The summed E-state index contributed by atoms with van der Waals surface area (Å²) in [5.41, 5.74) is 3.02. The van der Waals surface area contributed by atoms with Crippen molar-refractivity contribution in [2.45, 2.75) is 33.2 Å². The van der Waals surface area contributed by atoms with Gasteiger partial charge < -0.3 is 10.2 Å². The topological polar surface area (TPSA) is 84.3 Å². The summed E-state index contributed by atoms with van der Waals surface area (Å²) in [5, 5.41) is 7.42. The minimum atomic E-state index is -2.92. The van der Waals surface area contributed by atoms with E-state index < -0.39 is 9.84 Å². The number of hydrogen-bond acceptors (Lipinski definition) is 5. The van der Waals surface area contributed by atoms with E-state index in [9.17, 15) is 13.2 Å². The first-order chi connectivity index (χ1) is 12.8. The van der Waals surface area contributed by atoms with Gasteiger partial charge in [0.1, 0.15) is 5.69 Å². The van der Waals surface area contributed by atoms with Crippen LogP contribution in [0.25, 0.3) is 0 Å². The molecule has 1 N–H and O–H groups in total. The van der Waals surface area contributed by atoms with E-state index in [1.54, 1.807) is 4.68 Å². The maximum absolute atomic E-state index is 12.7. The first kappa shape index (κ1) is 19.4. The molecule has 0 radical (unpaired) electrons. The largest absolute Gasteiger partial charge is 0.369 e. The number of nitrogens with one attached hydrogen (secondary N) is 1. The van der Waals surface area contributed by atoms with E-state index in [1.165, 1.54) is 0 Å². The predicted octanol–water partition coefficient (Wildman–Crippen LogP) is 2.51. The highest BCUT2D eigenvalue weighted by atomic mass is 32.2. The van der Waals surface area contributed by atoms with Gasteiger partial charge in [-0.05, 0) is 37.1 Å². The van der Waals surface area contributed by atoms with E-state index in [0.29, 0.717) is 31.0 Å². The van der Waals surface area contributed by atoms with E-state index in [-0.39, 0.29) is 23.3 Å². The Morgan fingerprint density at radius 1 is 1.22 bits per heavy atom. The van der Waals surface area contributed by atoms with Gasteiger partial charge in [0.25, 0.3) is 5.91 Å². The molecule has 3 rings (SSSR count). The average molecular weight is 391 g/mol. The van der Waals surface area contributed by atoms with Gasteiger partial charge in [-0.25, -0.2) is 8.42 Å². The molecule has 0 aliphatic carbocycles. The quantitative estimate of drug-likeness (QED) is 0.848. The number of benzene rings is 1. The van der Waals surface area contributed by atoms with Crippen molar-refractivity contribution in [2.24, 2.45) is 0 Å². The van der Waals surface area contributed by atoms with E-state index >= 15 is 0 Å². The van der Waals surface area contributed by atoms with Crippen LogP contribution in [-0.2, 0) is 16.4 Å². The highest BCUT2D eigenvalue weighted by molar-refractivity contribution is 7.91. The molecule has 2 heterocycles. The van der Waals surface area contributed by atoms with E-state index in [0.717, 1.165) is 11.4 Å². The third-order valence-electron chi connectivity index (χ3n) is 4.74. The fourth-order valence-electron chi connectivity index (χ4n) is 3.09. The number of anilines is 2. The van der Waals surface area contributed by atoms with Crippen molar-refractivity contribution in [3.63, 3.8) is 0 Å². The van der Waals surface area contributed by atoms with E-state index in [4.69, 9.17) is 0 Å². The summed E-state index contributed by atoms with van der Waals surface area (Å²) < 4.78 is 24.9.